The summed E-state index contributed by atoms with van der Waals surface area (Å²) in [5.41, 5.74) is 2.03. The quantitative estimate of drug-likeness (QED) is 0.536. The first kappa shape index (κ1) is 21.6. The highest BCUT2D eigenvalue weighted by Crippen LogP contribution is 2.34. The van der Waals surface area contributed by atoms with Crippen LogP contribution < -0.4 is 14.9 Å². The Hall–Kier alpha value is -2.67. The molecular formula is C23H18Cl2N2O3S. The number of hydrogen-bond acceptors (Lipinski definition) is 5. The van der Waals surface area contributed by atoms with Crippen molar-refractivity contribution in [3.05, 3.63) is 101 Å². The lowest BCUT2D eigenvalue weighted by Crippen LogP contribution is -2.40. The normalized spacial score (nSPS) is 16.1. The summed E-state index contributed by atoms with van der Waals surface area (Å²) in [4.78, 5) is 31.3. The second kappa shape index (κ2) is 8.83. The summed E-state index contributed by atoms with van der Waals surface area (Å²) in [5.74, 6) is -0.513. The van der Waals surface area contributed by atoms with Crippen LogP contribution in [0.2, 0.25) is 10.0 Å². The second-order valence-corrected chi connectivity index (χ2v) is 8.73. The van der Waals surface area contributed by atoms with E-state index in [-0.39, 0.29) is 12.2 Å². The molecule has 0 spiro atoms. The van der Waals surface area contributed by atoms with Crippen molar-refractivity contribution in [2.24, 2.45) is 4.99 Å². The van der Waals surface area contributed by atoms with Crippen LogP contribution in [0, 0.1) is 0 Å². The van der Waals surface area contributed by atoms with E-state index in [4.69, 9.17) is 27.9 Å². The van der Waals surface area contributed by atoms with Crippen LogP contribution in [-0.4, -0.2) is 17.1 Å². The van der Waals surface area contributed by atoms with Crippen molar-refractivity contribution in [1.29, 1.82) is 0 Å². The van der Waals surface area contributed by atoms with Gasteiger partial charge in [-0.05, 0) is 49.2 Å². The van der Waals surface area contributed by atoms with Crippen molar-refractivity contribution < 1.29 is 9.53 Å². The topological polar surface area (TPSA) is 60.7 Å². The molecule has 0 saturated carbocycles. The lowest BCUT2D eigenvalue weighted by atomic mass is 9.96. The van der Waals surface area contributed by atoms with Gasteiger partial charge >= 0.3 is 5.97 Å². The molecular weight excluding hydrogens is 455 g/mol. The SMILES string of the molecule is CCOC(=O)C1=C(C)N=c2s/c(=C\c3ccc(Cl)cc3)c(=O)n2[C@H]1c1ccccc1Cl. The number of allylic oxidation sites excluding steroid dienone is 1. The van der Waals surface area contributed by atoms with E-state index in [1.165, 1.54) is 15.9 Å². The number of carbonyl (C=O) groups excluding carboxylic acids is 1. The fourth-order valence-corrected chi connectivity index (χ4v) is 4.90. The summed E-state index contributed by atoms with van der Waals surface area (Å²) < 4.78 is 7.30. The standard InChI is InChI=1S/C23H18Cl2N2O3S/c1-3-30-22(29)19-13(2)26-23-27(20(19)16-6-4-5-7-17(16)25)21(28)18(31-23)12-14-8-10-15(24)11-9-14/h4-12,20H,3H2,1-2H3/b18-12-/t20-/m0/s1. The van der Waals surface area contributed by atoms with E-state index in [1.807, 2.05) is 18.2 Å². The molecule has 3 aromatic rings. The number of ether oxygens (including phenoxy) is 1. The summed E-state index contributed by atoms with van der Waals surface area (Å²) in [6, 6.07) is 13.6. The van der Waals surface area contributed by atoms with Gasteiger partial charge in [-0.1, -0.05) is 64.9 Å². The lowest BCUT2D eigenvalue weighted by molar-refractivity contribution is -0.139. The Morgan fingerprint density at radius 1 is 1.19 bits per heavy atom. The Balaban J connectivity index is 1.97. The average molecular weight is 473 g/mol. The van der Waals surface area contributed by atoms with Gasteiger partial charge in [-0.15, -0.1) is 0 Å². The van der Waals surface area contributed by atoms with Crippen molar-refractivity contribution in [1.82, 2.24) is 4.57 Å². The molecule has 0 bridgehead atoms. The Kier molecular flexibility index (Phi) is 6.14. The number of aromatic nitrogens is 1. The molecule has 4 rings (SSSR count). The van der Waals surface area contributed by atoms with Crippen LogP contribution >= 0.6 is 34.5 Å². The maximum atomic E-state index is 13.5. The molecule has 1 aliphatic rings. The zero-order chi connectivity index (χ0) is 22.1. The van der Waals surface area contributed by atoms with Crippen LogP contribution in [0.3, 0.4) is 0 Å². The predicted octanol–water partition coefficient (Wildman–Crippen LogP) is 4.11. The van der Waals surface area contributed by atoms with E-state index in [1.54, 1.807) is 50.3 Å². The molecule has 8 heteroatoms. The minimum atomic E-state index is -0.726. The predicted molar refractivity (Wildman–Crippen MR) is 123 cm³/mol. The average Bonchev–Trinajstić information content (AvgIpc) is 3.04. The number of esters is 1. The number of rotatable bonds is 4. The van der Waals surface area contributed by atoms with Crippen LogP contribution in [0.25, 0.3) is 6.08 Å². The van der Waals surface area contributed by atoms with Gasteiger partial charge in [0.15, 0.2) is 4.80 Å². The fourth-order valence-electron chi connectivity index (χ4n) is 3.49. The molecule has 31 heavy (non-hydrogen) atoms. The molecule has 158 valence electrons. The van der Waals surface area contributed by atoms with Crippen LogP contribution in [0.4, 0.5) is 0 Å². The Morgan fingerprint density at radius 2 is 1.90 bits per heavy atom. The number of nitrogens with zero attached hydrogens (tertiary/aromatic N) is 2. The number of hydrogen-bond donors (Lipinski definition) is 0. The molecule has 5 nitrogen and oxygen atoms in total. The number of thiazole rings is 1. The largest absolute Gasteiger partial charge is 0.463 e. The molecule has 0 N–H and O–H groups in total. The number of halogens is 2. The summed E-state index contributed by atoms with van der Waals surface area (Å²) in [6.45, 7) is 3.69. The molecule has 0 fully saturated rings. The zero-order valence-corrected chi connectivity index (χ0v) is 19.1. The van der Waals surface area contributed by atoms with Gasteiger partial charge in [0, 0.05) is 10.0 Å². The molecule has 0 amide bonds. The molecule has 2 heterocycles. The smallest absolute Gasteiger partial charge is 0.338 e. The summed E-state index contributed by atoms with van der Waals surface area (Å²) in [6.07, 6.45) is 1.78. The molecule has 1 aliphatic heterocycles. The van der Waals surface area contributed by atoms with Gasteiger partial charge in [-0.3, -0.25) is 9.36 Å². The zero-order valence-electron chi connectivity index (χ0n) is 16.8. The van der Waals surface area contributed by atoms with E-state index in [2.05, 4.69) is 4.99 Å². The van der Waals surface area contributed by atoms with Crippen LogP contribution in [0.1, 0.15) is 31.0 Å². The monoisotopic (exact) mass is 472 g/mol. The van der Waals surface area contributed by atoms with Gasteiger partial charge in [0.25, 0.3) is 5.56 Å². The first-order valence-electron chi connectivity index (χ1n) is 9.60. The molecule has 0 unspecified atom stereocenters. The van der Waals surface area contributed by atoms with Gasteiger partial charge in [0.2, 0.25) is 0 Å². The van der Waals surface area contributed by atoms with Crippen LogP contribution in [-0.2, 0) is 9.53 Å². The Bertz CT molecular complexity index is 1370. The van der Waals surface area contributed by atoms with Crippen molar-refractivity contribution >= 4 is 46.6 Å². The highest BCUT2D eigenvalue weighted by atomic mass is 35.5. The van der Waals surface area contributed by atoms with Gasteiger partial charge in [0.1, 0.15) is 6.04 Å². The highest BCUT2D eigenvalue weighted by Gasteiger charge is 2.34. The van der Waals surface area contributed by atoms with E-state index >= 15 is 0 Å². The Morgan fingerprint density at radius 3 is 2.58 bits per heavy atom. The molecule has 1 atom stereocenters. The van der Waals surface area contributed by atoms with Crippen molar-refractivity contribution in [2.75, 3.05) is 6.61 Å². The second-order valence-electron chi connectivity index (χ2n) is 6.88. The first-order chi connectivity index (χ1) is 14.9. The third-order valence-electron chi connectivity index (χ3n) is 4.88. The third-order valence-corrected chi connectivity index (χ3v) is 6.46. The summed E-state index contributed by atoms with van der Waals surface area (Å²) in [7, 11) is 0. The minimum absolute atomic E-state index is 0.214. The maximum absolute atomic E-state index is 13.5. The van der Waals surface area contributed by atoms with E-state index in [0.717, 1.165) is 5.56 Å². The van der Waals surface area contributed by atoms with Gasteiger partial charge in [-0.2, -0.15) is 0 Å². The lowest BCUT2D eigenvalue weighted by Gasteiger charge is -2.25. The molecule has 0 saturated heterocycles. The van der Waals surface area contributed by atoms with Crippen molar-refractivity contribution in [3.8, 4) is 0 Å². The number of benzene rings is 2. The van der Waals surface area contributed by atoms with E-state index in [0.29, 0.717) is 36.2 Å². The minimum Gasteiger partial charge on any atom is -0.463 e. The van der Waals surface area contributed by atoms with Crippen LogP contribution in [0.15, 0.2) is 69.6 Å². The van der Waals surface area contributed by atoms with Gasteiger partial charge in [0.05, 0.1) is 22.4 Å². The highest BCUT2D eigenvalue weighted by molar-refractivity contribution is 7.07. The van der Waals surface area contributed by atoms with Crippen molar-refractivity contribution in [2.45, 2.75) is 19.9 Å². The summed E-state index contributed by atoms with van der Waals surface area (Å²) >= 11 is 13.7. The summed E-state index contributed by atoms with van der Waals surface area (Å²) in [5, 5.41) is 1.07. The Labute approximate surface area is 192 Å². The molecule has 0 radical (unpaired) electrons. The van der Waals surface area contributed by atoms with E-state index < -0.39 is 12.0 Å². The van der Waals surface area contributed by atoms with E-state index in [9.17, 15) is 9.59 Å². The van der Waals surface area contributed by atoms with Crippen molar-refractivity contribution in [3.63, 3.8) is 0 Å². The fraction of sp³-hybridized carbons (Fsp3) is 0.174. The third kappa shape index (κ3) is 4.11. The van der Waals surface area contributed by atoms with Gasteiger partial charge in [-0.25, -0.2) is 9.79 Å². The first-order valence-corrected chi connectivity index (χ1v) is 11.2. The van der Waals surface area contributed by atoms with Gasteiger partial charge < -0.3 is 4.74 Å². The van der Waals surface area contributed by atoms with Crippen LogP contribution in [0.5, 0.6) is 0 Å². The molecule has 0 aliphatic carbocycles. The number of fused-ring (bicyclic) bond motifs is 1. The maximum Gasteiger partial charge on any atom is 0.338 e. The number of carbonyl (C=O) groups is 1. The molecule has 2 aromatic carbocycles. The molecule has 1 aromatic heterocycles.